The van der Waals surface area contributed by atoms with Gasteiger partial charge in [-0.3, -0.25) is 0 Å². The van der Waals surface area contributed by atoms with Crippen LogP contribution in [-0.2, 0) is 14.8 Å². The predicted octanol–water partition coefficient (Wildman–Crippen LogP) is 1.76. The monoisotopic (exact) mass is 386 g/mol. The molecule has 3 N–H and O–H groups in total. The third-order valence-corrected chi connectivity index (χ3v) is 6.80. The molecule has 1 aromatic heterocycles. The molecule has 134 valence electrons. The average molecular weight is 387 g/mol. The van der Waals surface area contributed by atoms with E-state index in [4.69, 9.17) is 10.5 Å². The Hall–Kier alpha value is -0.870. The van der Waals surface area contributed by atoms with Gasteiger partial charge in [0.2, 0.25) is 0 Å². The zero-order valence-corrected chi connectivity index (χ0v) is 16.0. The summed E-state index contributed by atoms with van der Waals surface area (Å²) >= 11 is 0.805. The van der Waals surface area contributed by atoms with Gasteiger partial charge in [-0.15, -0.1) is 23.7 Å². The molecule has 0 amide bonds. The molecule has 0 aliphatic rings. The fraction of sp³-hybridized carbons (Fsp3) is 0.615. The zero-order chi connectivity index (χ0) is 17.0. The lowest BCUT2D eigenvalue weighted by Crippen LogP contribution is -2.52. The standard InChI is InChI=1S/C13H22N2O5S2.ClH/c1-5-13(6-2,8-14)15-22(17,18)12-9(19-3)7-10(21-12)11(16)20-4;/h7,15H,5-6,8,14H2,1-4H3;1H. The Kier molecular flexibility index (Phi) is 8.50. The SMILES string of the molecule is CCC(CC)(CN)NS(=O)(=O)c1sc(C(=O)OC)cc1OC.Cl. The number of nitrogens with two attached hydrogens (primary N) is 1. The number of ether oxygens (including phenoxy) is 2. The van der Waals surface area contributed by atoms with E-state index in [0.29, 0.717) is 12.8 Å². The molecule has 0 bridgehead atoms. The van der Waals surface area contributed by atoms with Gasteiger partial charge in [0.15, 0.2) is 9.96 Å². The quantitative estimate of drug-likeness (QED) is 0.659. The van der Waals surface area contributed by atoms with E-state index in [-0.39, 0.29) is 33.8 Å². The number of hydrogen-bond donors (Lipinski definition) is 2. The first-order chi connectivity index (χ1) is 10.3. The van der Waals surface area contributed by atoms with E-state index in [9.17, 15) is 13.2 Å². The first-order valence-electron chi connectivity index (χ1n) is 6.79. The van der Waals surface area contributed by atoms with E-state index >= 15 is 0 Å². The average Bonchev–Trinajstić information content (AvgIpc) is 2.97. The van der Waals surface area contributed by atoms with Gasteiger partial charge in [0.25, 0.3) is 10.0 Å². The molecule has 0 spiro atoms. The van der Waals surface area contributed by atoms with Gasteiger partial charge in [0, 0.05) is 18.2 Å². The highest BCUT2D eigenvalue weighted by molar-refractivity contribution is 7.91. The molecule has 7 nitrogen and oxygen atoms in total. The molecule has 1 aromatic rings. The minimum atomic E-state index is -3.86. The molecule has 0 unspecified atom stereocenters. The summed E-state index contributed by atoms with van der Waals surface area (Å²) in [6, 6.07) is 1.35. The van der Waals surface area contributed by atoms with Crippen LogP contribution in [0.4, 0.5) is 0 Å². The maximum Gasteiger partial charge on any atom is 0.348 e. The van der Waals surface area contributed by atoms with Crippen molar-refractivity contribution in [2.24, 2.45) is 5.73 Å². The molecule has 23 heavy (non-hydrogen) atoms. The number of methoxy groups -OCH3 is 2. The van der Waals surface area contributed by atoms with Gasteiger partial charge in [-0.1, -0.05) is 13.8 Å². The minimum absolute atomic E-state index is 0. The number of sulfonamides is 1. The summed E-state index contributed by atoms with van der Waals surface area (Å²) in [6.07, 6.45) is 1.10. The molecule has 0 aromatic carbocycles. The molecule has 0 aliphatic heterocycles. The van der Waals surface area contributed by atoms with E-state index < -0.39 is 21.5 Å². The van der Waals surface area contributed by atoms with Crippen molar-refractivity contribution in [1.82, 2.24) is 4.72 Å². The van der Waals surface area contributed by atoms with Crippen LogP contribution < -0.4 is 15.2 Å². The van der Waals surface area contributed by atoms with Crippen molar-refractivity contribution in [1.29, 1.82) is 0 Å². The Bertz CT molecular complexity index is 618. The van der Waals surface area contributed by atoms with Crippen molar-refractivity contribution in [3.63, 3.8) is 0 Å². The molecule has 0 radical (unpaired) electrons. The first-order valence-corrected chi connectivity index (χ1v) is 9.09. The summed E-state index contributed by atoms with van der Waals surface area (Å²) in [5.41, 5.74) is 5.01. The minimum Gasteiger partial charge on any atom is -0.494 e. The van der Waals surface area contributed by atoms with Gasteiger partial charge in [0.1, 0.15) is 4.88 Å². The summed E-state index contributed by atoms with van der Waals surface area (Å²) in [7, 11) is -1.29. The van der Waals surface area contributed by atoms with Crippen molar-refractivity contribution >= 4 is 39.7 Å². The molecule has 0 saturated heterocycles. The van der Waals surface area contributed by atoms with Crippen molar-refractivity contribution in [2.45, 2.75) is 36.4 Å². The number of nitrogens with one attached hydrogen (secondary N) is 1. The second kappa shape index (κ2) is 8.84. The summed E-state index contributed by atoms with van der Waals surface area (Å²) < 4.78 is 37.5. The van der Waals surface area contributed by atoms with Crippen LogP contribution in [0.1, 0.15) is 36.4 Å². The molecule has 0 fully saturated rings. The second-order valence-corrected chi connectivity index (χ2v) is 7.68. The van der Waals surface area contributed by atoms with E-state index in [1.54, 1.807) is 0 Å². The van der Waals surface area contributed by atoms with Gasteiger partial charge >= 0.3 is 5.97 Å². The number of thiophene rings is 1. The van der Waals surface area contributed by atoms with E-state index in [2.05, 4.69) is 9.46 Å². The van der Waals surface area contributed by atoms with Crippen LogP contribution in [0.2, 0.25) is 0 Å². The fourth-order valence-corrected chi connectivity index (χ4v) is 4.99. The van der Waals surface area contributed by atoms with E-state index in [0.717, 1.165) is 11.3 Å². The van der Waals surface area contributed by atoms with Crippen LogP contribution in [0.15, 0.2) is 10.3 Å². The Labute approximate surface area is 147 Å². The number of halogens is 1. The molecule has 0 saturated carbocycles. The second-order valence-electron chi connectivity index (χ2n) is 4.76. The number of carbonyl (C=O) groups is 1. The number of hydrogen-bond acceptors (Lipinski definition) is 7. The highest BCUT2D eigenvalue weighted by Gasteiger charge is 2.34. The fourth-order valence-electron chi connectivity index (χ4n) is 1.94. The Morgan fingerprint density at radius 2 is 1.91 bits per heavy atom. The zero-order valence-electron chi connectivity index (χ0n) is 13.5. The number of esters is 1. The van der Waals surface area contributed by atoms with Crippen LogP contribution in [-0.4, -0.2) is 40.7 Å². The smallest absolute Gasteiger partial charge is 0.348 e. The molecule has 1 heterocycles. The lowest BCUT2D eigenvalue weighted by Gasteiger charge is -2.30. The highest BCUT2D eigenvalue weighted by Crippen LogP contribution is 2.34. The Morgan fingerprint density at radius 1 is 1.35 bits per heavy atom. The summed E-state index contributed by atoms with van der Waals surface area (Å²) in [6.45, 7) is 3.91. The van der Waals surface area contributed by atoms with Crippen LogP contribution in [0.25, 0.3) is 0 Å². The van der Waals surface area contributed by atoms with Crippen molar-refractivity contribution in [3.05, 3.63) is 10.9 Å². The topological polar surface area (TPSA) is 108 Å². The van der Waals surface area contributed by atoms with Crippen LogP contribution in [0.5, 0.6) is 5.75 Å². The third-order valence-electron chi connectivity index (χ3n) is 3.61. The maximum atomic E-state index is 12.6. The van der Waals surface area contributed by atoms with Gasteiger partial charge < -0.3 is 15.2 Å². The normalized spacial score (nSPS) is 11.7. The summed E-state index contributed by atoms with van der Waals surface area (Å²) in [5.74, 6) is -0.503. The van der Waals surface area contributed by atoms with Gasteiger partial charge in [-0.05, 0) is 12.8 Å². The van der Waals surface area contributed by atoms with Crippen LogP contribution in [0, 0.1) is 0 Å². The van der Waals surface area contributed by atoms with Gasteiger partial charge in [0.05, 0.1) is 14.2 Å². The van der Waals surface area contributed by atoms with Crippen LogP contribution >= 0.6 is 23.7 Å². The molecular weight excluding hydrogens is 364 g/mol. The molecule has 10 heteroatoms. The first kappa shape index (κ1) is 22.1. The lowest BCUT2D eigenvalue weighted by atomic mass is 9.95. The summed E-state index contributed by atoms with van der Waals surface area (Å²) in [4.78, 5) is 11.7. The molecule has 0 atom stereocenters. The highest BCUT2D eigenvalue weighted by atomic mass is 35.5. The van der Waals surface area contributed by atoms with Crippen molar-refractivity contribution < 1.29 is 22.7 Å². The Balaban J connectivity index is 0.00000484. The van der Waals surface area contributed by atoms with Crippen molar-refractivity contribution in [3.8, 4) is 5.75 Å². The predicted molar refractivity (Wildman–Crippen MR) is 92.1 cm³/mol. The largest absolute Gasteiger partial charge is 0.494 e. The van der Waals surface area contributed by atoms with Gasteiger partial charge in [-0.2, -0.15) is 0 Å². The maximum absolute atomic E-state index is 12.6. The Morgan fingerprint density at radius 3 is 2.30 bits per heavy atom. The molecule has 1 rings (SSSR count). The molecule has 0 aliphatic carbocycles. The van der Waals surface area contributed by atoms with E-state index in [1.165, 1.54) is 20.3 Å². The van der Waals surface area contributed by atoms with E-state index in [1.807, 2.05) is 13.8 Å². The summed E-state index contributed by atoms with van der Waals surface area (Å²) in [5, 5.41) is 0. The van der Waals surface area contributed by atoms with Gasteiger partial charge in [-0.25, -0.2) is 17.9 Å². The molecular formula is C13H23ClN2O5S2. The third kappa shape index (κ3) is 4.80. The number of rotatable bonds is 8. The van der Waals surface area contributed by atoms with Crippen molar-refractivity contribution in [2.75, 3.05) is 20.8 Å². The lowest BCUT2D eigenvalue weighted by molar-refractivity contribution is 0.0606. The number of carbonyl (C=O) groups excluding carboxylic acids is 1. The van der Waals surface area contributed by atoms with Crippen LogP contribution in [0.3, 0.4) is 0 Å².